The van der Waals surface area contributed by atoms with Crippen LogP contribution in [0.2, 0.25) is 0 Å². The van der Waals surface area contributed by atoms with Crippen LogP contribution < -0.4 is 26.6 Å². The molecule has 1 aliphatic carbocycles. The Kier molecular flexibility index (Phi) is 5.28. The van der Waals surface area contributed by atoms with Gasteiger partial charge in [-0.3, -0.25) is 15.4 Å². The van der Waals surface area contributed by atoms with Crippen molar-refractivity contribution in [1.82, 2.24) is 25.5 Å². The Morgan fingerprint density at radius 2 is 2.00 bits per heavy atom. The number of nitrogens with zero attached hydrogens (tertiary/aromatic N) is 5. The van der Waals surface area contributed by atoms with Gasteiger partial charge >= 0.3 is 0 Å². The third-order valence-corrected chi connectivity index (χ3v) is 6.17. The van der Waals surface area contributed by atoms with Crippen LogP contribution in [0, 0.1) is 0 Å². The van der Waals surface area contributed by atoms with Gasteiger partial charge in [0, 0.05) is 29.5 Å². The lowest BCUT2D eigenvalue weighted by Crippen LogP contribution is -2.35. The Morgan fingerprint density at radius 3 is 2.91 bits per heavy atom. The normalized spacial score (nSPS) is 19.1. The fraction of sp³-hybridized carbons (Fsp3) is 0.250. The fourth-order valence-corrected chi connectivity index (χ4v) is 4.44. The molecule has 0 amide bonds. The lowest BCUT2D eigenvalue weighted by molar-refractivity contribution is 0.171. The monoisotopic (exact) mass is 455 g/mol. The predicted octanol–water partition coefficient (Wildman–Crippen LogP) is 3.34. The second-order valence-electron chi connectivity index (χ2n) is 8.58. The van der Waals surface area contributed by atoms with Crippen molar-refractivity contribution in [3.8, 4) is 0 Å². The molecule has 172 valence electrons. The summed E-state index contributed by atoms with van der Waals surface area (Å²) in [6.07, 6.45) is 7.69. The summed E-state index contributed by atoms with van der Waals surface area (Å²) in [4.78, 5) is 18.0. The van der Waals surface area contributed by atoms with Crippen LogP contribution in [-0.2, 0) is 6.54 Å². The molecule has 1 aliphatic heterocycles. The number of pyridine rings is 2. The van der Waals surface area contributed by atoms with Crippen LogP contribution in [0.25, 0.3) is 10.9 Å². The molecule has 3 aromatic heterocycles. The van der Waals surface area contributed by atoms with E-state index in [2.05, 4.69) is 54.7 Å². The minimum Gasteiger partial charge on any atom is -0.391 e. The molecule has 0 bridgehead atoms. The molecule has 0 unspecified atom stereocenters. The van der Waals surface area contributed by atoms with E-state index in [9.17, 15) is 5.11 Å². The van der Waals surface area contributed by atoms with Crippen molar-refractivity contribution in [2.75, 3.05) is 21.1 Å². The molecule has 6 rings (SSSR count). The minimum atomic E-state index is -0.328. The Labute approximate surface area is 196 Å². The SMILES string of the molecule is O[C@@H]1CCC[C@H]1Nc1cc(Nc2cnc3c(n2)N(Cc2ccc4ncccc4c2)NN3)ccn1. The smallest absolute Gasteiger partial charge is 0.191 e. The molecule has 0 spiro atoms. The maximum Gasteiger partial charge on any atom is 0.191 e. The molecule has 34 heavy (non-hydrogen) atoms. The first-order valence-electron chi connectivity index (χ1n) is 11.4. The Balaban J connectivity index is 1.18. The summed E-state index contributed by atoms with van der Waals surface area (Å²) >= 11 is 0. The first-order valence-corrected chi connectivity index (χ1v) is 11.4. The molecule has 4 aromatic rings. The number of fused-ring (bicyclic) bond motifs is 2. The molecule has 10 heteroatoms. The van der Waals surface area contributed by atoms with Crippen LogP contribution in [0.3, 0.4) is 0 Å². The van der Waals surface area contributed by atoms with Crippen molar-refractivity contribution in [1.29, 1.82) is 0 Å². The number of aliphatic hydroxyl groups excluding tert-OH is 1. The van der Waals surface area contributed by atoms with E-state index in [1.54, 1.807) is 18.6 Å². The van der Waals surface area contributed by atoms with Crippen LogP contribution in [0.5, 0.6) is 0 Å². The van der Waals surface area contributed by atoms with Crippen molar-refractivity contribution in [3.05, 3.63) is 66.6 Å². The van der Waals surface area contributed by atoms with E-state index < -0.39 is 0 Å². The Hall–Kier alpha value is -4.02. The van der Waals surface area contributed by atoms with E-state index in [1.807, 2.05) is 29.3 Å². The van der Waals surface area contributed by atoms with Crippen molar-refractivity contribution in [2.45, 2.75) is 38.0 Å². The summed E-state index contributed by atoms with van der Waals surface area (Å²) < 4.78 is 0. The van der Waals surface area contributed by atoms with Gasteiger partial charge in [0.1, 0.15) is 5.82 Å². The zero-order chi connectivity index (χ0) is 22.9. The van der Waals surface area contributed by atoms with Crippen molar-refractivity contribution < 1.29 is 5.11 Å². The first kappa shape index (κ1) is 20.6. The molecule has 10 nitrogen and oxygen atoms in total. The highest BCUT2D eigenvalue weighted by atomic mass is 16.3. The van der Waals surface area contributed by atoms with Crippen molar-refractivity contribution >= 4 is 39.9 Å². The Morgan fingerprint density at radius 1 is 1.03 bits per heavy atom. The second-order valence-corrected chi connectivity index (χ2v) is 8.58. The number of aliphatic hydroxyl groups is 1. The number of hydrogen-bond acceptors (Lipinski definition) is 10. The first-order chi connectivity index (χ1) is 16.7. The molecule has 0 radical (unpaired) electrons. The molecule has 1 fully saturated rings. The van der Waals surface area contributed by atoms with Crippen molar-refractivity contribution in [2.24, 2.45) is 0 Å². The van der Waals surface area contributed by atoms with Gasteiger partial charge in [-0.2, -0.15) is 0 Å². The topological polar surface area (TPSA) is 123 Å². The highest BCUT2D eigenvalue weighted by molar-refractivity contribution is 5.79. The summed E-state index contributed by atoms with van der Waals surface area (Å²) in [7, 11) is 0. The second kappa shape index (κ2) is 8.73. The minimum absolute atomic E-state index is 0.0409. The molecular weight excluding hydrogens is 430 g/mol. The number of aromatic nitrogens is 4. The van der Waals surface area contributed by atoms with E-state index >= 15 is 0 Å². The van der Waals surface area contributed by atoms with E-state index in [0.29, 0.717) is 24.0 Å². The molecule has 1 aromatic carbocycles. The highest BCUT2D eigenvalue weighted by Gasteiger charge is 2.25. The Bertz CT molecular complexity index is 1330. The highest BCUT2D eigenvalue weighted by Crippen LogP contribution is 2.29. The summed E-state index contributed by atoms with van der Waals surface area (Å²) in [6, 6.07) is 14.1. The molecule has 2 atom stereocenters. The van der Waals surface area contributed by atoms with Gasteiger partial charge in [0.15, 0.2) is 17.5 Å². The number of anilines is 5. The molecule has 5 N–H and O–H groups in total. The van der Waals surface area contributed by atoms with Gasteiger partial charge in [-0.25, -0.2) is 15.0 Å². The van der Waals surface area contributed by atoms with Gasteiger partial charge in [0.25, 0.3) is 0 Å². The van der Waals surface area contributed by atoms with E-state index in [0.717, 1.165) is 47.2 Å². The van der Waals surface area contributed by atoms with Crippen LogP contribution in [0.15, 0.2) is 61.1 Å². The number of hydrogen-bond donors (Lipinski definition) is 5. The van der Waals surface area contributed by atoms with E-state index in [-0.39, 0.29) is 12.1 Å². The standard InChI is InChI=1S/C24H25N9O/c34-20-5-1-4-19(20)29-21-12-17(8-10-26-21)28-22-13-27-23-24(30-22)33(32-31-23)14-15-6-7-18-16(11-15)3-2-9-25-18/h2-3,6-13,19-20,32,34H,1,4-5,14H2,(H,27,31)(H2,26,28,29,30)/t19-,20-/m1/s1. The molecule has 4 heterocycles. The third-order valence-electron chi connectivity index (χ3n) is 6.17. The zero-order valence-corrected chi connectivity index (χ0v) is 18.4. The lowest BCUT2D eigenvalue weighted by atomic mass is 10.1. The number of benzene rings is 1. The summed E-state index contributed by atoms with van der Waals surface area (Å²) in [5, 5.41) is 19.8. The third kappa shape index (κ3) is 4.16. The number of nitrogens with one attached hydrogen (secondary N) is 4. The number of rotatable bonds is 6. The van der Waals surface area contributed by atoms with Gasteiger partial charge in [-0.05, 0) is 49.1 Å². The molecular formula is C24H25N9O. The van der Waals surface area contributed by atoms with Gasteiger partial charge in [-0.1, -0.05) is 12.1 Å². The molecule has 0 saturated heterocycles. The quantitative estimate of drug-likeness (QED) is 0.296. The van der Waals surface area contributed by atoms with E-state index in [1.165, 1.54) is 0 Å². The average molecular weight is 456 g/mol. The predicted molar refractivity (Wildman–Crippen MR) is 132 cm³/mol. The largest absolute Gasteiger partial charge is 0.391 e. The van der Waals surface area contributed by atoms with Gasteiger partial charge in [0.2, 0.25) is 0 Å². The van der Waals surface area contributed by atoms with Gasteiger partial charge in [0.05, 0.1) is 30.4 Å². The summed E-state index contributed by atoms with van der Waals surface area (Å²) in [5.41, 5.74) is 9.14. The maximum atomic E-state index is 10.1. The fourth-order valence-electron chi connectivity index (χ4n) is 4.44. The summed E-state index contributed by atoms with van der Waals surface area (Å²) in [5.74, 6) is 2.72. The summed E-state index contributed by atoms with van der Waals surface area (Å²) in [6.45, 7) is 0.607. The van der Waals surface area contributed by atoms with Crippen LogP contribution >= 0.6 is 0 Å². The zero-order valence-electron chi connectivity index (χ0n) is 18.4. The maximum absolute atomic E-state index is 10.1. The molecule has 1 saturated carbocycles. The van der Waals surface area contributed by atoms with Crippen LogP contribution in [0.1, 0.15) is 24.8 Å². The lowest BCUT2D eigenvalue weighted by Gasteiger charge is -2.18. The van der Waals surface area contributed by atoms with E-state index in [4.69, 9.17) is 4.98 Å². The van der Waals surface area contributed by atoms with Crippen LogP contribution in [-0.4, -0.2) is 37.2 Å². The van der Waals surface area contributed by atoms with Gasteiger partial charge < -0.3 is 15.7 Å². The molecule has 2 aliphatic rings. The number of hydrazine groups is 2. The van der Waals surface area contributed by atoms with Crippen molar-refractivity contribution in [3.63, 3.8) is 0 Å². The van der Waals surface area contributed by atoms with Gasteiger partial charge in [-0.15, -0.1) is 5.53 Å². The average Bonchev–Trinajstić information content (AvgIpc) is 3.45. The van der Waals surface area contributed by atoms with Crippen LogP contribution in [0.4, 0.5) is 29.0 Å².